The van der Waals surface area contributed by atoms with Crippen molar-refractivity contribution < 1.29 is 9.53 Å². The lowest BCUT2D eigenvalue weighted by Gasteiger charge is -2.19. The van der Waals surface area contributed by atoms with Crippen LogP contribution in [0.1, 0.15) is 26.5 Å². The zero-order valence-electron chi connectivity index (χ0n) is 10.1. The van der Waals surface area contributed by atoms with Crippen LogP contribution in [0.3, 0.4) is 0 Å². The van der Waals surface area contributed by atoms with Gasteiger partial charge in [0.15, 0.2) is 0 Å². The minimum absolute atomic E-state index is 0.174. The number of hydrogen-bond donors (Lipinski definition) is 1. The number of nitrogens with one attached hydrogen (secondary N) is 1. The fraction of sp³-hybridized carbons (Fsp3) is 0.700. The Kier molecular flexibility index (Phi) is 4.00. The molecule has 90 valence electrons. The Labute approximate surface area is 95.0 Å². The third kappa shape index (κ3) is 4.88. The predicted molar refractivity (Wildman–Crippen MR) is 58.6 cm³/mol. The molecule has 1 aromatic rings. The van der Waals surface area contributed by atoms with Crippen LogP contribution in [-0.4, -0.2) is 33.1 Å². The van der Waals surface area contributed by atoms with Crippen LogP contribution in [0.25, 0.3) is 0 Å². The Morgan fingerprint density at radius 1 is 1.56 bits per heavy atom. The molecule has 1 N–H and O–H groups in total. The second kappa shape index (κ2) is 5.07. The normalized spacial score (nSPS) is 11.5. The molecule has 1 rings (SSSR count). The van der Waals surface area contributed by atoms with Crippen molar-refractivity contribution in [2.24, 2.45) is 7.05 Å². The molecule has 0 bridgehead atoms. The number of hydrogen-bond acceptors (Lipinski definition) is 5. The number of aromatic nitrogens is 3. The van der Waals surface area contributed by atoms with Gasteiger partial charge in [0.2, 0.25) is 0 Å². The van der Waals surface area contributed by atoms with Crippen molar-refractivity contribution in [1.29, 1.82) is 0 Å². The highest BCUT2D eigenvalue weighted by Crippen LogP contribution is 2.06. The van der Waals surface area contributed by atoms with Crippen molar-refractivity contribution in [2.75, 3.05) is 6.54 Å². The Morgan fingerprint density at radius 2 is 2.25 bits per heavy atom. The van der Waals surface area contributed by atoms with Gasteiger partial charge in [-0.15, -0.1) is 5.10 Å². The van der Waals surface area contributed by atoms with Crippen molar-refractivity contribution in [3.8, 4) is 0 Å². The summed E-state index contributed by atoms with van der Waals surface area (Å²) < 4.78 is 6.75. The molecule has 6 nitrogen and oxygen atoms in total. The lowest BCUT2D eigenvalue weighted by Crippen LogP contribution is -2.31. The van der Waals surface area contributed by atoms with E-state index in [1.165, 1.54) is 0 Å². The second-order valence-electron chi connectivity index (χ2n) is 4.57. The zero-order valence-corrected chi connectivity index (χ0v) is 10.1. The van der Waals surface area contributed by atoms with Crippen LogP contribution in [0.4, 0.5) is 0 Å². The van der Waals surface area contributed by atoms with Gasteiger partial charge in [-0.1, -0.05) is 5.21 Å². The molecule has 0 saturated carbocycles. The third-order valence-corrected chi connectivity index (χ3v) is 1.65. The molecule has 0 aliphatic rings. The van der Waals surface area contributed by atoms with Crippen LogP contribution in [0.15, 0.2) is 6.20 Å². The van der Waals surface area contributed by atoms with E-state index in [0.717, 1.165) is 5.69 Å². The summed E-state index contributed by atoms with van der Waals surface area (Å²) in [7, 11) is 1.80. The Bertz CT molecular complexity index is 354. The molecule has 6 heteroatoms. The number of ether oxygens (including phenoxy) is 1. The van der Waals surface area contributed by atoms with E-state index in [0.29, 0.717) is 6.54 Å². The summed E-state index contributed by atoms with van der Waals surface area (Å²) in [5.74, 6) is -0.267. The highest BCUT2D eigenvalue weighted by atomic mass is 16.6. The van der Waals surface area contributed by atoms with E-state index < -0.39 is 5.60 Å². The van der Waals surface area contributed by atoms with Crippen molar-refractivity contribution >= 4 is 5.97 Å². The van der Waals surface area contributed by atoms with Gasteiger partial charge in [-0.25, -0.2) is 0 Å². The van der Waals surface area contributed by atoms with Gasteiger partial charge in [-0.2, -0.15) is 0 Å². The molecule has 0 atom stereocenters. The number of carbonyl (C=O) groups excluding carboxylic acids is 1. The van der Waals surface area contributed by atoms with Crippen LogP contribution in [-0.2, 0) is 23.1 Å². The maximum atomic E-state index is 11.3. The van der Waals surface area contributed by atoms with E-state index in [9.17, 15) is 4.79 Å². The largest absolute Gasteiger partial charge is 0.459 e. The highest BCUT2D eigenvalue weighted by Gasteiger charge is 2.15. The summed E-state index contributed by atoms with van der Waals surface area (Å²) in [6, 6.07) is 0. The first-order valence-corrected chi connectivity index (χ1v) is 5.14. The molecule has 0 unspecified atom stereocenters. The van der Waals surface area contributed by atoms with Crippen LogP contribution >= 0.6 is 0 Å². The second-order valence-corrected chi connectivity index (χ2v) is 4.57. The standard InChI is InChI=1S/C10H18N4O2/c1-10(2,3)16-9(15)6-11-5-8-7-14(4)13-12-8/h7,11H,5-6H2,1-4H3. The van der Waals surface area contributed by atoms with Gasteiger partial charge in [0.25, 0.3) is 0 Å². The molecule has 0 spiro atoms. The van der Waals surface area contributed by atoms with Gasteiger partial charge in [0.05, 0.1) is 12.2 Å². The average molecular weight is 226 g/mol. The fourth-order valence-corrected chi connectivity index (χ4v) is 1.15. The number of nitrogens with zero attached hydrogens (tertiary/aromatic N) is 3. The summed E-state index contributed by atoms with van der Waals surface area (Å²) in [5, 5.41) is 10.6. The minimum Gasteiger partial charge on any atom is -0.459 e. The Balaban J connectivity index is 2.23. The summed E-state index contributed by atoms with van der Waals surface area (Å²) in [6.07, 6.45) is 1.79. The maximum Gasteiger partial charge on any atom is 0.320 e. The Morgan fingerprint density at radius 3 is 2.75 bits per heavy atom. The van der Waals surface area contributed by atoms with E-state index in [4.69, 9.17) is 4.74 Å². The molecular formula is C10H18N4O2. The summed E-state index contributed by atoms with van der Waals surface area (Å²) in [6.45, 7) is 6.20. The van der Waals surface area contributed by atoms with Gasteiger partial charge in [-0.3, -0.25) is 9.48 Å². The Hall–Kier alpha value is -1.43. The van der Waals surface area contributed by atoms with Gasteiger partial charge in [0, 0.05) is 19.8 Å². The smallest absolute Gasteiger partial charge is 0.320 e. The van der Waals surface area contributed by atoms with E-state index in [2.05, 4.69) is 15.6 Å². The van der Waals surface area contributed by atoms with E-state index in [1.54, 1.807) is 17.9 Å². The van der Waals surface area contributed by atoms with Crippen LogP contribution in [0.5, 0.6) is 0 Å². The predicted octanol–water partition coefficient (Wildman–Crippen LogP) is 0.246. The fourth-order valence-electron chi connectivity index (χ4n) is 1.15. The number of esters is 1. The quantitative estimate of drug-likeness (QED) is 0.745. The molecule has 0 aliphatic heterocycles. The first kappa shape index (κ1) is 12.6. The SMILES string of the molecule is Cn1cc(CNCC(=O)OC(C)(C)C)nn1. The summed E-state index contributed by atoms with van der Waals surface area (Å²) >= 11 is 0. The average Bonchev–Trinajstić information content (AvgIpc) is 2.48. The number of carbonyl (C=O) groups is 1. The zero-order chi connectivity index (χ0) is 12.2. The first-order valence-electron chi connectivity index (χ1n) is 5.14. The van der Waals surface area contributed by atoms with Crippen molar-refractivity contribution in [2.45, 2.75) is 32.9 Å². The third-order valence-electron chi connectivity index (χ3n) is 1.65. The van der Waals surface area contributed by atoms with Crippen LogP contribution in [0, 0.1) is 0 Å². The molecular weight excluding hydrogens is 208 g/mol. The molecule has 1 aromatic heterocycles. The topological polar surface area (TPSA) is 69.0 Å². The molecule has 0 radical (unpaired) electrons. The summed E-state index contributed by atoms with van der Waals surface area (Å²) in [4.78, 5) is 11.3. The van der Waals surface area contributed by atoms with E-state index in [1.807, 2.05) is 20.8 Å². The van der Waals surface area contributed by atoms with Crippen molar-refractivity contribution in [3.05, 3.63) is 11.9 Å². The van der Waals surface area contributed by atoms with Crippen LogP contribution in [0.2, 0.25) is 0 Å². The molecule has 1 heterocycles. The van der Waals surface area contributed by atoms with Gasteiger partial charge in [0.1, 0.15) is 5.60 Å². The summed E-state index contributed by atoms with van der Waals surface area (Å²) in [5.41, 5.74) is 0.358. The lowest BCUT2D eigenvalue weighted by molar-refractivity contribution is -0.153. The van der Waals surface area contributed by atoms with Gasteiger partial charge in [-0.05, 0) is 20.8 Å². The lowest BCUT2D eigenvalue weighted by atomic mass is 10.2. The minimum atomic E-state index is -0.439. The number of rotatable bonds is 4. The first-order chi connectivity index (χ1) is 7.37. The molecule has 16 heavy (non-hydrogen) atoms. The van der Waals surface area contributed by atoms with E-state index >= 15 is 0 Å². The number of aryl methyl sites for hydroxylation is 1. The molecule has 0 aliphatic carbocycles. The van der Waals surface area contributed by atoms with Gasteiger partial charge >= 0.3 is 5.97 Å². The maximum absolute atomic E-state index is 11.3. The molecule has 0 amide bonds. The van der Waals surface area contributed by atoms with Gasteiger partial charge < -0.3 is 10.1 Å². The van der Waals surface area contributed by atoms with Crippen molar-refractivity contribution in [3.63, 3.8) is 0 Å². The monoisotopic (exact) mass is 226 g/mol. The van der Waals surface area contributed by atoms with Crippen LogP contribution < -0.4 is 5.32 Å². The van der Waals surface area contributed by atoms with E-state index in [-0.39, 0.29) is 12.5 Å². The molecule has 0 aromatic carbocycles. The highest BCUT2D eigenvalue weighted by molar-refractivity contribution is 5.72. The molecule has 0 fully saturated rings. The molecule has 0 saturated heterocycles. The van der Waals surface area contributed by atoms with Crippen molar-refractivity contribution in [1.82, 2.24) is 20.3 Å².